The summed E-state index contributed by atoms with van der Waals surface area (Å²) in [7, 11) is -3.57. The van der Waals surface area contributed by atoms with E-state index in [0.717, 1.165) is 16.9 Å². The molecular formula is C20H25ClN2O3S. The molecule has 4 rings (SSSR count). The van der Waals surface area contributed by atoms with Gasteiger partial charge in [-0.15, -0.1) is 12.4 Å². The first kappa shape index (κ1) is 20.1. The summed E-state index contributed by atoms with van der Waals surface area (Å²) in [5.41, 5.74) is 8.01. The van der Waals surface area contributed by atoms with E-state index in [1.165, 1.54) is 4.31 Å². The number of rotatable bonds is 3. The van der Waals surface area contributed by atoms with Crippen molar-refractivity contribution >= 4 is 22.4 Å². The van der Waals surface area contributed by atoms with E-state index in [4.69, 9.17) is 10.5 Å². The Morgan fingerprint density at radius 1 is 1.11 bits per heavy atom. The number of halogens is 1. The molecule has 2 heterocycles. The van der Waals surface area contributed by atoms with Gasteiger partial charge in [-0.2, -0.15) is 4.31 Å². The Labute approximate surface area is 167 Å². The number of benzene rings is 2. The van der Waals surface area contributed by atoms with Crippen LogP contribution in [0, 0.1) is 0 Å². The van der Waals surface area contributed by atoms with Gasteiger partial charge >= 0.3 is 0 Å². The van der Waals surface area contributed by atoms with Crippen molar-refractivity contribution in [3.8, 4) is 5.75 Å². The predicted molar refractivity (Wildman–Crippen MR) is 108 cm³/mol. The molecule has 7 heteroatoms. The summed E-state index contributed by atoms with van der Waals surface area (Å²) < 4.78 is 33.7. The largest absolute Gasteiger partial charge is 0.487 e. The molecule has 2 aromatic rings. The van der Waals surface area contributed by atoms with Crippen LogP contribution in [0.3, 0.4) is 0 Å². The molecule has 0 aliphatic carbocycles. The predicted octanol–water partition coefficient (Wildman–Crippen LogP) is 2.94. The van der Waals surface area contributed by atoms with Gasteiger partial charge < -0.3 is 10.5 Å². The number of sulfonamides is 1. The van der Waals surface area contributed by atoms with E-state index < -0.39 is 10.0 Å². The molecule has 0 aromatic heterocycles. The highest BCUT2D eigenvalue weighted by atomic mass is 35.5. The Bertz CT molecular complexity index is 931. The maximum absolute atomic E-state index is 13.1. The van der Waals surface area contributed by atoms with Crippen molar-refractivity contribution in [1.29, 1.82) is 0 Å². The van der Waals surface area contributed by atoms with Crippen LogP contribution in [0.1, 0.15) is 30.9 Å². The minimum absolute atomic E-state index is 0. The highest BCUT2D eigenvalue weighted by Crippen LogP contribution is 2.37. The fraction of sp³-hybridized carbons (Fsp3) is 0.400. The van der Waals surface area contributed by atoms with E-state index in [-0.39, 0.29) is 30.0 Å². The van der Waals surface area contributed by atoms with Gasteiger partial charge in [0.2, 0.25) is 10.0 Å². The van der Waals surface area contributed by atoms with Crippen LogP contribution in [0.5, 0.6) is 5.75 Å². The highest BCUT2D eigenvalue weighted by Gasteiger charge is 2.39. The van der Waals surface area contributed by atoms with Crippen LogP contribution in [0.15, 0.2) is 53.4 Å². The monoisotopic (exact) mass is 408 g/mol. The molecule has 0 saturated carbocycles. The molecule has 1 fully saturated rings. The topological polar surface area (TPSA) is 72.6 Å². The summed E-state index contributed by atoms with van der Waals surface area (Å²) in [4.78, 5) is 0.318. The number of fused-ring (bicyclic) bond motifs is 1. The summed E-state index contributed by atoms with van der Waals surface area (Å²) in [6.45, 7) is 4.75. The molecule has 0 unspecified atom stereocenters. The van der Waals surface area contributed by atoms with Crippen LogP contribution < -0.4 is 10.5 Å². The molecule has 1 saturated heterocycles. The van der Waals surface area contributed by atoms with Crippen molar-refractivity contribution in [2.24, 2.45) is 5.73 Å². The second-order valence-corrected chi connectivity index (χ2v) is 9.75. The standard InChI is InChI=1S/C20H24N2O3S.ClH/c1-20(2)11-15-10-16(8-9-19(15)25-20)26(23,24)22-12-17(18(21)13-22)14-6-4-3-5-7-14;/h3-10,17-18H,11-13,21H2,1-2H3;1H/t17-,18+;/m0./s1. The molecule has 0 amide bonds. The molecule has 2 aliphatic heterocycles. The van der Waals surface area contributed by atoms with Crippen LogP contribution >= 0.6 is 12.4 Å². The first-order valence-corrected chi connectivity index (χ1v) is 10.3. The van der Waals surface area contributed by atoms with Crippen LogP contribution in [0.4, 0.5) is 0 Å². The average Bonchev–Trinajstić information content (AvgIpc) is 3.13. The lowest BCUT2D eigenvalue weighted by Gasteiger charge is -2.17. The summed E-state index contributed by atoms with van der Waals surface area (Å²) in [6, 6.07) is 14.8. The highest BCUT2D eigenvalue weighted by molar-refractivity contribution is 7.89. The van der Waals surface area contributed by atoms with Crippen molar-refractivity contribution in [3.63, 3.8) is 0 Å². The van der Waals surface area contributed by atoms with E-state index in [0.29, 0.717) is 24.4 Å². The summed E-state index contributed by atoms with van der Waals surface area (Å²) in [6.07, 6.45) is 0.706. The normalized spacial score (nSPS) is 24.1. The third-order valence-electron chi connectivity index (χ3n) is 5.23. The molecular weight excluding hydrogens is 384 g/mol. The van der Waals surface area contributed by atoms with Crippen molar-refractivity contribution in [3.05, 3.63) is 59.7 Å². The Hall–Kier alpha value is -1.60. The molecule has 2 aromatic carbocycles. The van der Waals surface area contributed by atoms with Gasteiger partial charge in [0, 0.05) is 31.5 Å². The quantitative estimate of drug-likeness (QED) is 0.847. The second kappa shape index (κ2) is 7.09. The van der Waals surface area contributed by atoms with Crippen LogP contribution in [0.25, 0.3) is 0 Å². The molecule has 2 atom stereocenters. The van der Waals surface area contributed by atoms with E-state index in [1.54, 1.807) is 18.2 Å². The van der Waals surface area contributed by atoms with Crippen LogP contribution in [-0.2, 0) is 16.4 Å². The van der Waals surface area contributed by atoms with E-state index in [2.05, 4.69) is 0 Å². The first-order valence-electron chi connectivity index (χ1n) is 8.89. The Morgan fingerprint density at radius 2 is 1.81 bits per heavy atom. The molecule has 0 spiro atoms. The maximum atomic E-state index is 13.1. The van der Waals surface area contributed by atoms with Gasteiger partial charge in [0.05, 0.1) is 4.90 Å². The lowest BCUT2D eigenvalue weighted by Crippen LogP contribution is -2.32. The van der Waals surface area contributed by atoms with Gasteiger partial charge in [-0.05, 0) is 43.2 Å². The van der Waals surface area contributed by atoms with Gasteiger partial charge in [0.1, 0.15) is 11.4 Å². The third-order valence-corrected chi connectivity index (χ3v) is 7.06. The lowest BCUT2D eigenvalue weighted by molar-refractivity contribution is 0.138. The molecule has 5 nitrogen and oxygen atoms in total. The average molecular weight is 409 g/mol. The van der Waals surface area contributed by atoms with Crippen LogP contribution in [0.2, 0.25) is 0 Å². The summed E-state index contributed by atoms with van der Waals surface area (Å²) in [5, 5.41) is 0. The minimum Gasteiger partial charge on any atom is -0.487 e. The Kier molecular flexibility index (Phi) is 5.29. The number of nitrogens with two attached hydrogens (primary N) is 1. The SMILES string of the molecule is CC1(C)Cc2cc(S(=O)(=O)N3C[C@@H](N)[C@H](c4ccccc4)C3)ccc2O1.Cl. The zero-order chi connectivity index (χ0) is 18.5. The van der Waals surface area contributed by atoms with Gasteiger partial charge in [-0.3, -0.25) is 0 Å². The van der Waals surface area contributed by atoms with E-state index >= 15 is 0 Å². The number of ether oxygens (including phenoxy) is 1. The van der Waals surface area contributed by atoms with E-state index in [1.807, 2.05) is 44.2 Å². The molecule has 0 bridgehead atoms. The van der Waals surface area contributed by atoms with Gasteiger partial charge in [0.15, 0.2) is 0 Å². The number of hydrogen-bond donors (Lipinski definition) is 1. The Morgan fingerprint density at radius 3 is 2.52 bits per heavy atom. The second-order valence-electron chi connectivity index (χ2n) is 7.81. The fourth-order valence-electron chi connectivity index (χ4n) is 3.94. The molecule has 2 aliphatic rings. The zero-order valence-electron chi connectivity index (χ0n) is 15.5. The first-order chi connectivity index (χ1) is 12.3. The van der Waals surface area contributed by atoms with Crippen molar-refractivity contribution in [1.82, 2.24) is 4.31 Å². The summed E-state index contributed by atoms with van der Waals surface area (Å²) >= 11 is 0. The molecule has 27 heavy (non-hydrogen) atoms. The number of nitrogens with zero attached hydrogens (tertiary/aromatic N) is 1. The lowest BCUT2D eigenvalue weighted by atomic mass is 9.95. The molecule has 0 radical (unpaired) electrons. The Balaban J connectivity index is 0.00000210. The maximum Gasteiger partial charge on any atom is 0.243 e. The van der Waals surface area contributed by atoms with Gasteiger partial charge in [-0.1, -0.05) is 30.3 Å². The van der Waals surface area contributed by atoms with Crippen molar-refractivity contribution < 1.29 is 13.2 Å². The number of hydrogen-bond acceptors (Lipinski definition) is 4. The fourth-order valence-corrected chi connectivity index (χ4v) is 5.49. The molecule has 2 N–H and O–H groups in total. The zero-order valence-corrected chi connectivity index (χ0v) is 17.1. The van der Waals surface area contributed by atoms with Crippen molar-refractivity contribution in [2.45, 2.75) is 42.7 Å². The van der Waals surface area contributed by atoms with Gasteiger partial charge in [0.25, 0.3) is 0 Å². The van der Waals surface area contributed by atoms with E-state index in [9.17, 15) is 8.42 Å². The van der Waals surface area contributed by atoms with Gasteiger partial charge in [-0.25, -0.2) is 8.42 Å². The smallest absolute Gasteiger partial charge is 0.243 e. The molecule has 146 valence electrons. The minimum atomic E-state index is -3.57. The van der Waals surface area contributed by atoms with Crippen molar-refractivity contribution in [2.75, 3.05) is 13.1 Å². The summed E-state index contributed by atoms with van der Waals surface area (Å²) in [5.74, 6) is 0.789. The third kappa shape index (κ3) is 3.72. The van der Waals surface area contributed by atoms with Crippen LogP contribution in [-0.4, -0.2) is 37.5 Å².